The van der Waals surface area contributed by atoms with Gasteiger partial charge in [-0.25, -0.2) is 4.98 Å². The molecule has 0 aliphatic carbocycles. The molecule has 0 bridgehead atoms. The van der Waals surface area contributed by atoms with Crippen molar-refractivity contribution in [3.8, 4) is 11.4 Å². The van der Waals surface area contributed by atoms with Crippen LogP contribution in [0.15, 0.2) is 6.20 Å². The van der Waals surface area contributed by atoms with Crippen molar-refractivity contribution >= 4 is 0 Å². The molecule has 5 heteroatoms. The van der Waals surface area contributed by atoms with Crippen molar-refractivity contribution in [3.63, 3.8) is 0 Å². The minimum Gasteiger partial charge on any atom is -0.282 e. The van der Waals surface area contributed by atoms with E-state index >= 15 is 0 Å². The molecule has 0 amide bonds. The molecule has 0 saturated heterocycles. The molecule has 2 aromatic rings. The molecule has 2 aromatic heterocycles. The van der Waals surface area contributed by atoms with Crippen molar-refractivity contribution in [2.75, 3.05) is 0 Å². The van der Waals surface area contributed by atoms with Crippen molar-refractivity contribution in [3.05, 3.63) is 17.7 Å². The van der Waals surface area contributed by atoms with Crippen LogP contribution in [0.25, 0.3) is 11.4 Å². The lowest BCUT2D eigenvalue weighted by molar-refractivity contribution is 1.04. The van der Waals surface area contributed by atoms with Gasteiger partial charge in [-0.15, -0.1) is 0 Å². The zero-order valence-electron chi connectivity index (χ0n) is 6.92. The Hall–Kier alpha value is -1.65. The molecule has 0 unspecified atom stereocenters. The minimum atomic E-state index is 0.693. The Morgan fingerprint density at radius 2 is 2.08 bits per heavy atom. The predicted octanol–water partition coefficient (Wildman–Crippen LogP) is 0.812. The van der Waals surface area contributed by atoms with E-state index in [9.17, 15) is 0 Å². The summed E-state index contributed by atoms with van der Waals surface area (Å²) >= 11 is 0. The van der Waals surface area contributed by atoms with Crippen molar-refractivity contribution in [2.45, 2.75) is 13.8 Å². The summed E-state index contributed by atoms with van der Waals surface area (Å²) in [6, 6.07) is 0. The van der Waals surface area contributed by atoms with Gasteiger partial charge in [0.2, 0.25) is 0 Å². The van der Waals surface area contributed by atoms with E-state index in [-0.39, 0.29) is 0 Å². The predicted molar refractivity (Wildman–Crippen MR) is 43.4 cm³/mol. The molecule has 5 nitrogen and oxygen atoms in total. The van der Waals surface area contributed by atoms with Gasteiger partial charge in [0, 0.05) is 5.69 Å². The molecular weight excluding hydrogens is 154 g/mol. The van der Waals surface area contributed by atoms with Gasteiger partial charge in [0.05, 0.1) is 11.8 Å². The molecule has 0 aliphatic heterocycles. The van der Waals surface area contributed by atoms with Gasteiger partial charge in [0.25, 0.3) is 0 Å². The van der Waals surface area contributed by atoms with Gasteiger partial charge in [-0.1, -0.05) is 0 Å². The fraction of sp³-hybridized carbons (Fsp3) is 0.286. The van der Waals surface area contributed by atoms with E-state index in [2.05, 4.69) is 25.4 Å². The fourth-order valence-corrected chi connectivity index (χ4v) is 1.04. The van der Waals surface area contributed by atoms with Crippen LogP contribution >= 0.6 is 0 Å². The van der Waals surface area contributed by atoms with E-state index < -0.39 is 0 Å². The van der Waals surface area contributed by atoms with Crippen LogP contribution in [0.1, 0.15) is 11.5 Å². The van der Waals surface area contributed by atoms with E-state index in [1.807, 2.05) is 13.8 Å². The topological polar surface area (TPSA) is 70.2 Å². The summed E-state index contributed by atoms with van der Waals surface area (Å²) in [5, 5.41) is 13.5. The number of aryl methyl sites for hydroxylation is 2. The number of H-pyrrole nitrogens is 2. The minimum absolute atomic E-state index is 0.693. The van der Waals surface area contributed by atoms with Crippen molar-refractivity contribution in [1.82, 2.24) is 25.4 Å². The zero-order chi connectivity index (χ0) is 8.55. The Bertz CT molecular complexity index is 386. The highest BCUT2D eigenvalue weighted by Crippen LogP contribution is 2.15. The first-order valence-corrected chi connectivity index (χ1v) is 3.66. The average molecular weight is 163 g/mol. The first-order valence-electron chi connectivity index (χ1n) is 3.66. The van der Waals surface area contributed by atoms with E-state index in [1.165, 1.54) is 0 Å². The van der Waals surface area contributed by atoms with E-state index in [0.717, 1.165) is 17.1 Å². The number of aromatic amines is 2. The van der Waals surface area contributed by atoms with Gasteiger partial charge in [-0.3, -0.25) is 10.2 Å². The molecule has 0 saturated carbocycles. The molecule has 2 N–H and O–H groups in total. The van der Waals surface area contributed by atoms with Crippen LogP contribution in [0, 0.1) is 13.8 Å². The maximum Gasteiger partial charge on any atom is 0.184 e. The molecule has 2 rings (SSSR count). The van der Waals surface area contributed by atoms with Crippen LogP contribution in [0.4, 0.5) is 0 Å². The lowest BCUT2D eigenvalue weighted by atomic mass is 10.2. The Morgan fingerprint density at radius 1 is 1.25 bits per heavy atom. The van der Waals surface area contributed by atoms with E-state index in [1.54, 1.807) is 6.20 Å². The molecule has 0 aliphatic rings. The van der Waals surface area contributed by atoms with Gasteiger partial charge < -0.3 is 0 Å². The Labute approximate surface area is 69.2 Å². The summed E-state index contributed by atoms with van der Waals surface area (Å²) in [6.45, 7) is 3.81. The van der Waals surface area contributed by atoms with Crippen LogP contribution in [-0.4, -0.2) is 25.4 Å². The fourth-order valence-electron chi connectivity index (χ4n) is 1.04. The summed E-state index contributed by atoms with van der Waals surface area (Å²) in [6.07, 6.45) is 1.72. The summed E-state index contributed by atoms with van der Waals surface area (Å²) in [4.78, 5) is 4.19. The maximum atomic E-state index is 4.19. The highest BCUT2D eigenvalue weighted by atomic mass is 15.2. The number of hydrogen-bond donors (Lipinski definition) is 2. The lowest BCUT2D eigenvalue weighted by Gasteiger charge is -1.87. The maximum absolute atomic E-state index is 4.19. The van der Waals surface area contributed by atoms with E-state index in [4.69, 9.17) is 0 Å². The number of nitrogens with one attached hydrogen (secondary N) is 2. The molecule has 0 atom stereocenters. The van der Waals surface area contributed by atoms with Gasteiger partial charge >= 0.3 is 0 Å². The third-order valence-corrected chi connectivity index (χ3v) is 1.67. The summed E-state index contributed by atoms with van der Waals surface area (Å²) < 4.78 is 0. The van der Waals surface area contributed by atoms with Crippen LogP contribution in [0.2, 0.25) is 0 Å². The molecule has 0 radical (unpaired) electrons. The normalized spacial score (nSPS) is 10.5. The highest BCUT2D eigenvalue weighted by molar-refractivity contribution is 5.55. The number of hydrogen-bond acceptors (Lipinski definition) is 3. The van der Waals surface area contributed by atoms with Crippen molar-refractivity contribution in [2.24, 2.45) is 0 Å². The van der Waals surface area contributed by atoms with Crippen LogP contribution < -0.4 is 0 Å². The van der Waals surface area contributed by atoms with Gasteiger partial charge in [0.1, 0.15) is 5.82 Å². The first-order chi connectivity index (χ1) is 5.77. The molecule has 62 valence electrons. The highest BCUT2D eigenvalue weighted by Gasteiger charge is 2.07. The molecule has 12 heavy (non-hydrogen) atoms. The quantitative estimate of drug-likeness (QED) is 0.653. The zero-order valence-corrected chi connectivity index (χ0v) is 6.92. The third kappa shape index (κ3) is 0.990. The summed E-state index contributed by atoms with van der Waals surface area (Å²) in [5.41, 5.74) is 1.92. The van der Waals surface area contributed by atoms with Crippen LogP contribution in [-0.2, 0) is 0 Å². The van der Waals surface area contributed by atoms with Gasteiger partial charge in [0.15, 0.2) is 5.82 Å². The third-order valence-electron chi connectivity index (χ3n) is 1.67. The van der Waals surface area contributed by atoms with Gasteiger partial charge in [-0.05, 0) is 13.8 Å². The lowest BCUT2D eigenvalue weighted by Crippen LogP contribution is -1.81. The van der Waals surface area contributed by atoms with Gasteiger partial charge in [-0.2, -0.15) is 10.2 Å². The Morgan fingerprint density at radius 3 is 2.58 bits per heavy atom. The van der Waals surface area contributed by atoms with Crippen LogP contribution in [0.3, 0.4) is 0 Å². The Balaban J connectivity index is 2.50. The smallest absolute Gasteiger partial charge is 0.184 e. The largest absolute Gasteiger partial charge is 0.282 e. The number of nitrogens with zero attached hydrogens (tertiary/aromatic N) is 3. The molecule has 2 heterocycles. The molecule has 0 aromatic carbocycles. The summed E-state index contributed by atoms with van der Waals surface area (Å²) in [7, 11) is 0. The van der Waals surface area contributed by atoms with E-state index in [0.29, 0.717) is 5.82 Å². The first kappa shape index (κ1) is 7.02. The second-order valence-corrected chi connectivity index (χ2v) is 2.65. The standard InChI is InChI=1S/C7H9N5/c1-4-6(3-8-10-4)7-9-5(2)11-12-7/h3H,1-2H3,(H,8,10)(H,9,11,12). The second-order valence-electron chi connectivity index (χ2n) is 2.65. The van der Waals surface area contributed by atoms with Crippen LogP contribution in [0.5, 0.6) is 0 Å². The molecular formula is C7H9N5. The monoisotopic (exact) mass is 163 g/mol. The summed E-state index contributed by atoms with van der Waals surface area (Å²) in [5.74, 6) is 1.50. The number of aromatic nitrogens is 5. The van der Waals surface area contributed by atoms with Crippen molar-refractivity contribution in [1.29, 1.82) is 0 Å². The molecule has 0 fully saturated rings. The average Bonchev–Trinajstić information content (AvgIpc) is 2.58. The SMILES string of the molecule is Cc1nc(-c2cn[nH]c2C)n[nH]1. The second kappa shape index (κ2) is 2.44. The Kier molecular flexibility index (Phi) is 1.43. The van der Waals surface area contributed by atoms with Crippen molar-refractivity contribution < 1.29 is 0 Å². The number of rotatable bonds is 1. The molecule has 0 spiro atoms.